The lowest BCUT2D eigenvalue weighted by atomic mass is 10.4. The molecule has 0 spiro atoms. The van der Waals surface area contributed by atoms with Crippen LogP contribution in [0, 0.1) is 0 Å². The molecule has 0 aliphatic rings. The van der Waals surface area contributed by atoms with Crippen LogP contribution in [0.5, 0.6) is 0 Å². The molecule has 0 saturated carbocycles. The van der Waals surface area contributed by atoms with Crippen molar-refractivity contribution in [2.24, 2.45) is 0 Å². The fourth-order valence-electron chi connectivity index (χ4n) is 1.05. The average molecular weight is 243 g/mol. The third-order valence-electron chi connectivity index (χ3n) is 1.83. The smallest absolute Gasteiger partial charge is 0.144 e. The number of aliphatic hydroxyl groups excluding tert-OH is 2. The summed E-state index contributed by atoms with van der Waals surface area (Å²) in [6.07, 6.45) is 2.76. The monoisotopic (exact) mass is 243 g/mol. The van der Waals surface area contributed by atoms with Gasteiger partial charge in [0.2, 0.25) is 0 Å². The second-order valence-corrected chi connectivity index (χ2v) is 4.31. The van der Waals surface area contributed by atoms with Gasteiger partial charge in [-0.1, -0.05) is 0 Å². The Bertz CT molecular complexity index is 295. The number of anilines is 1. The first-order valence-corrected chi connectivity index (χ1v) is 6.33. The van der Waals surface area contributed by atoms with Gasteiger partial charge in [-0.25, -0.2) is 4.98 Å². The molecule has 1 rings (SSSR count). The van der Waals surface area contributed by atoms with Gasteiger partial charge >= 0.3 is 0 Å². The minimum absolute atomic E-state index is 0.196. The minimum Gasteiger partial charge on any atom is -0.394 e. The van der Waals surface area contributed by atoms with E-state index in [1.54, 1.807) is 12.4 Å². The van der Waals surface area contributed by atoms with Crippen LogP contribution in [0.25, 0.3) is 0 Å². The Morgan fingerprint density at radius 3 is 2.81 bits per heavy atom. The van der Waals surface area contributed by atoms with Crippen LogP contribution < -0.4 is 5.32 Å². The molecule has 0 aliphatic heterocycles. The van der Waals surface area contributed by atoms with E-state index in [1.165, 1.54) is 11.8 Å². The van der Waals surface area contributed by atoms with E-state index >= 15 is 0 Å². The Kier molecular flexibility index (Phi) is 6.14. The van der Waals surface area contributed by atoms with Crippen LogP contribution in [0.2, 0.25) is 0 Å². The van der Waals surface area contributed by atoms with Gasteiger partial charge < -0.3 is 15.5 Å². The van der Waals surface area contributed by atoms with Gasteiger partial charge in [-0.2, -0.15) is 11.8 Å². The van der Waals surface area contributed by atoms with Gasteiger partial charge in [-0.05, 0) is 6.92 Å². The van der Waals surface area contributed by atoms with E-state index in [4.69, 9.17) is 10.2 Å². The van der Waals surface area contributed by atoms with E-state index in [9.17, 15) is 0 Å². The number of thioether (sulfide) groups is 1. The van der Waals surface area contributed by atoms with Crippen LogP contribution in [0.1, 0.15) is 12.6 Å². The van der Waals surface area contributed by atoms with Crippen LogP contribution in [-0.2, 0) is 5.75 Å². The second-order valence-electron chi connectivity index (χ2n) is 3.27. The lowest BCUT2D eigenvalue weighted by molar-refractivity contribution is 0.113. The number of nitrogens with one attached hydrogen (secondary N) is 1. The number of nitrogens with zero attached hydrogens (tertiary/aromatic N) is 2. The summed E-state index contributed by atoms with van der Waals surface area (Å²) in [4.78, 5) is 8.42. The van der Waals surface area contributed by atoms with Crippen LogP contribution in [0.4, 0.5) is 5.82 Å². The van der Waals surface area contributed by atoms with Gasteiger partial charge in [0.05, 0.1) is 30.8 Å². The molecule has 0 saturated heterocycles. The van der Waals surface area contributed by atoms with Crippen molar-refractivity contribution in [2.45, 2.75) is 18.8 Å². The highest BCUT2D eigenvalue weighted by atomic mass is 32.2. The molecule has 5 nitrogen and oxygen atoms in total. The summed E-state index contributed by atoms with van der Waals surface area (Å²) in [5.41, 5.74) is 0.872. The molecule has 16 heavy (non-hydrogen) atoms. The number of aromatic nitrogens is 2. The molecule has 0 radical (unpaired) electrons. The molecule has 1 unspecified atom stereocenters. The van der Waals surface area contributed by atoms with Crippen LogP contribution in [0.3, 0.4) is 0 Å². The van der Waals surface area contributed by atoms with E-state index in [1.807, 2.05) is 6.92 Å². The molecule has 1 aromatic rings. The zero-order valence-corrected chi connectivity index (χ0v) is 10.1. The quantitative estimate of drug-likeness (QED) is 0.647. The summed E-state index contributed by atoms with van der Waals surface area (Å²) in [7, 11) is 0. The molecule has 1 aromatic heterocycles. The largest absolute Gasteiger partial charge is 0.394 e. The summed E-state index contributed by atoms with van der Waals surface area (Å²) >= 11 is 1.53. The van der Waals surface area contributed by atoms with E-state index in [0.717, 1.165) is 18.1 Å². The molecular weight excluding hydrogens is 226 g/mol. The van der Waals surface area contributed by atoms with Gasteiger partial charge in [0.25, 0.3) is 0 Å². The van der Waals surface area contributed by atoms with Gasteiger partial charge in [0.1, 0.15) is 5.82 Å². The van der Waals surface area contributed by atoms with Gasteiger partial charge in [-0.15, -0.1) is 0 Å². The maximum absolute atomic E-state index is 9.13. The third-order valence-corrected chi connectivity index (χ3v) is 2.95. The molecule has 3 N–H and O–H groups in total. The second kappa shape index (κ2) is 7.43. The lowest BCUT2D eigenvalue weighted by Crippen LogP contribution is -2.14. The maximum Gasteiger partial charge on any atom is 0.144 e. The summed E-state index contributed by atoms with van der Waals surface area (Å²) < 4.78 is 0. The number of aliphatic hydroxyl groups is 2. The molecule has 1 atom stereocenters. The molecule has 0 amide bonds. The van der Waals surface area contributed by atoms with Crippen molar-refractivity contribution in [1.29, 1.82) is 0 Å². The van der Waals surface area contributed by atoms with E-state index < -0.39 is 6.10 Å². The fourth-order valence-corrected chi connectivity index (χ4v) is 1.91. The predicted molar refractivity (Wildman–Crippen MR) is 65.5 cm³/mol. The number of hydrogen-bond donors (Lipinski definition) is 3. The Hall–Kier alpha value is -0.850. The normalized spacial score (nSPS) is 12.4. The van der Waals surface area contributed by atoms with Crippen LogP contribution >= 0.6 is 11.8 Å². The predicted octanol–water partition coefficient (Wildman–Crippen LogP) is 0.495. The Labute approximate surface area is 99.3 Å². The first-order chi connectivity index (χ1) is 7.76. The molecule has 90 valence electrons. The molecule has 1 heterocycles. The van der Waals surface area contributed by atoms with Crippen molar-refractivity contribution in [3.63, 3.8) is 0 Å². The highest BCUT2D eigenvalue weighted by Crippen LogP contribution is 2.11. The number of rotatable bonds is 7. The van der Waals surface area contributed by atoms with Gasteiger partial charge in [0.15, 0.2) is 0 Å². The molecule has 0 bridgehead atoms. The van der Waals surface area contributed by atoms with Crippen LogP contribution in [0.15, 0.2) is 12.4 Å². The molecule has 0 aliphatic carbocycles. The molecule has 0 fully saturated rings. The third kappa shape index (κ3) is 4.78. The highest BCUT2D eigenvalue weighted by molar-refractivity contribution is 7.98. The first-order valence-electron chi connectivity index (χ1n) is 5.17. The maximum atomic E-state index is 9.13. The van der Waals surface area contributed by atoms with Crippen molar-refractivity contribution in [3.8, 4) is 0 Å². The minimum atomic E-state index is -0.654. The van der Waals surface area contributed by atoms with Crippen molar-refractivity contribution < 1.29 is 10.2 Å². The topological polar surface area (TPSA) is 78.3 Å². The summed E-state index contributed by atoms with van der Waals surface area (Å²) in [6, 6.07) is 0. The zero-order chi connectivity index (χ0) is 11.8. The molecule has 0 aromatic carbocycles. The van der Waals surface area contributed by atoms with Crippen molar-refractivity contribution in [1.82, 2.24) is 9.97 Å². The average Bonchev–Trinajstić information content (AvgIpc) is 2.31. The lowest BCUT2D eigenvalue weighted by Gasteiger charge is -2.06. The van der Waals surface area contributed by atoms with E-state index in [2.05, 4.69) is 15.3 Å². The fraction of sp³-hybridized carbons (Fsp3) is 0.600. The Morgan fingerprint density at radius 2 is 2.25 bits per heavy atom. The van der Waals surface area contributed by atoms with Crippen LogP contribution in [-0.4, -0.2) is 45.2 Å². The SMILES string of the molecule is CCNc1cnc(CSCC(O)CO)cn1. The van der Waals surface area contributed by atoms with E-state index in [-0.39, 0.29) is 6.61 Å². The van der Waals surface area contributed by atoms with Crippen molar-refractivity contribution >= 4 is 17.6 Å². The Balaban J connectivity index is 2.31. The van der Waals surface area contributed by atoms with Crippen molar-refractivity contribution in [3.05, 3.63) is 18.1 Å². The summed E-state index contributed by atoms with van der Waals surface area (Å²) in [5.74, 6) is 1.97. The first kappa shape index (κ1) is 13.2. The summed E-state index contributed by atoms with van der Waals surface area (Å²) in [6.45, 7) is 2.63. The summed E-state index contributed by atoms with van der Waals surface area (Å²) in [5, 5.41) is 20.8. The van der Waals surface area contributed by atoms with E-state index in [0.29, 0.717) is 11.5 Å². The highest BCUT2D eigenvalue weighted by Gasteiger charge is 2.03. The molecule has 6 heteroatoms. The Morgan fingerprint density at radius 1 is 1.44 bits per heavy atom. The van der Waals surface area contributed by atoms with Crippen molar-refractivity contribution in [2.75, 3.05) is 24.2 Å². The zero-order valence-electron chi connectivity index (χ0n) is 9.26. The van der Waals surface area contributed by atoms with Gasteiger partial charge in [-0.3, -0.25) is 4.98 Å². The molecular formula is C10H17N3O2S. The number of hydrogen-bond acceptors (Lipinski definition) is 6. The standard InChI is InChI=1S/C10H17N3O2S/c1-2-11-10-4-12-8(3-13-10)6-16-7-9(15)5-14/h3-4,9,14-15H,2,5-7H2,1H3,(H,11,13). The van der Waals surface area contributed by atoms with Gasteiger partial charge in [0, 0.05) is 18.1 Å².